The second-order valence-electron chi connectivity index (χ2n) is 4.49. The maximum Gasteiger partial charge on any atom is 0.410 e. The number of ether oxygens (including phenoxy) is 1. The summed E-state index contributed by atoms with van der Waals surface area (Å²) in [5.74, 6) is 0. The van der Waals surface area contributed by atoms with Gasteiger partial charge in [0.05, 0.1) is 6.54 Å². The Labute approximate surface area is 103 Å². The van der Waals surface area contributed by atoms with E-state index in [0.717, 1.165) is 3.58 Å². The Kier molecular flexibility index (Phi) is 3.99. The van der Waals surface area contributed by atoms with Crippen LogP contribution in [0.15, 0.2) is 9.66 Å². The molecule has 5 heteroatoms. The lowest BCUT2D eigenvalue weighted by Crippen LogP contribution is -2.43. The Morgan fingerprint density at radius 1 is 1.67 bits per heavy atom. The van der Waals surface area contributed by atoms with Crippen molar-refractivity contribution >= 4 is 28.7 Å². The molecule has 0 saturated heterocycles. The minimum absolute atomic E-state index is 0.309. The van der Waals surface area contributed by atoms with Crippen LogP contribution in [-0.2, 0) is 4.74 Å². The fraction of sp³-hybridized carbons (Fsp3) is 0.700. The first-order valence-electron chi connectivity index (χ1n) is 4.81. The van der Waals surface area contributed by atoms with Crippen molar-refractivity contribution in [2.45, 2.75) is 32.5 Å². The van der Waals surface area contributed by atoms with Gasteiger partial charge in [0.15, 0.2) is 0 Å². The molecule has 0 aromatic carbocycles. The van der Waals surface area contributed by atoms with Crippen LogP contribution >= 0.6 is 22.6 Å². The number of hydrogen-bond donors (Lipinski definition) is 1. The molecule has 4 nitrogen and oxygen atoms in total. The Morgan fingerprint density at radius 3 is 2.73 bits per heavy atom. The van der Waals surface area contributed by atoms with Gasteiger partial charge in [-0.3, -0.25) is 0 Å². The van der Waals surface area contributed by atoms with Crippen LogP contribution in [0, 0.1) is 0 Å². The lowest BCUT2D eigenvalue weighted by atomic mass is 10.2. The average molecular weight is 325 g/mol. The van der Waals surface area contributed by atoms with Gasteiger partial charge in [-0.1, -0.05) is 6.08 Å². The van der Waals surface area contributed by atoms with Crippen LogP contribution in [0.2, 0.25) is 0 Å². The van der Waals surface area contributed by atoms with E-state index in [1.54, 1.807) is 0 Å². The van der Waals surface area contributed by atoms with Crippen LogP contribution in [0.1, 0.15) is 20.8 Å². The molecule has 1 aliphatic heterocycles. The highest BCUT2D eigenvalue weighted by Gasteiger charge is 2.26. The van der Waals surface area contributed by atoms with E-state index in [4.69, 9.17) is 4.74 Å². The lowest BCUT2D eigenvalue weighted by Gasteiger charge is -2.30. The maximum atomic E-state index is 11.6. The number of halogens is 1. The molecule has 86 valence electrons. The van der Waals surface area contributed by atoms with Crippen LogP contribution in [0.25, 0.3) is 0 Å². The van der Waals surface area contributed by atoms with Gasteiger partial charge in [-0.2, -0.15) is 0 Å². The van der Waals surface area contributed by atoms with Crippen molar-refractivity contribution in [2.24, 2.45) is 0 Å². The minimum Gasteiger partial charge on any atom is -0.444 e. The van der Waals surface area contributed by atoms with Gasteiger partial charge in [0.25, 0.3) is 0 Å². The maximum absolute atomic E-state index is 11.6. The van der Waals surface area contributed by atoms with Crippen molar-refractivity contribution in [3.05, 3.63) is 9.66 Å². The SMILES string of the molecule is CC(C)(C)OC(=O)N1CC=C(I)[C@H](O)C1. The zero-order valence-corrected chi connectivity index (χ0v) is 11.3. The van der Waals surface area contributed by atoms with Crippen LogP contribution in [0.5, 0.6) is 0 Å². The summed E-state index contributed by atoms with van der Waals surface area (Å²) in [6.07, 6.45) is 0.882. The number of carbonyl (C=O) groups is 1. The molecule has 1 atom stereocenters. The zero-order valence-electron chi connectivity index (χ0n) is 9.16. The first kappa shape index (κ1) is 12.8. The molecule has 0 aromatic rings. The van der Waals surface area contributed by atoms with E-state index < -0.39 is 11.7 Å². The molecule has 0 bridgehead atoms. The molecular formula is C10H16INO3. The van der Waals surface area contributed by atoms with Crippen molar-refractivity contribution in [1.82, 2.24) is 4.90 Å². The molecule has 1 amide bonds. The zero-order chi connectivity index (χ0) is 11.6. The molecule has 0 saturated carbocycles. The molecule has 0 unspecified atom stereocenters. The molecule has 0 spiro atoms. The predicted molar refractivity (Wildman–Crippen MR) is 65.9 cm³/mol. The fourth-order valence-electron chi connectivity index (χ4n) is 1.18. The summed E-state index contributed by atoms with van der Waals surface area (Å²) in [6, 6.07) is 0. The molecule has 0 aromatic heterocycles. The number of rotatable bonds is 0. The van der Waals surface area contributed by atoms with E-state index in [1.165, 1.54) is 4.90 Å². The Balaban J connectivity index is 2.57. The molecule has 1 aliphatic rings. The molecule has 15 heavy (non-hydrogen) atoms. The van der Waals surface area contributed by atoms with E-state index in [0.29, 0.717) is 13.1 Å². The van der Waals surface area contributed by atoms with E-state index >= 15 is 0 Å². The number of aliphatic hydroxyl groups is 1. The third-order valence-electron chi connectivity index (χ3n) is 1.87. The number of hydrogen-bond acceptors (Lipinski definition) is 3. The molecule has 1 N–H and O–H groups in total. The highest BCUT2D eigenvalue weighted by molar-refractivity contribution is 14.1. The smallest absolute Gasteiger partial charge is 0.410 e. The number of nitrogens with zero attached hydrogens (tertiary/aromatic N) is 1. The number of amides is 1. The molecular weight excluding hydrogens is 309 g/mol. The molecule has 0 fully saturated rings. The first-order chi connectivity index (χ1) is 6.79. The van der Waals surface area contributed by atoms with Gasteiger partial charge < -0.3 is 14.7 Å². The summed E-state index contributed by atoms with van der Waals surface area (Å²) in [5.41, 5.74) is -0.490. The van der Waals surface area contributed by atoms with Crippen LogP contribution < -0.4 is 0 Å². The number of aliphatic hydroxyl groups excluding tert-OH is 1. The van der Waals surface area contributed by atoms with Gasteiger partial charge >= 0.3 is 6.09 Å². The fourth-order valence-corrected chi connectivity index (χ4v) is 1.57. The van der Waals surface area contributed by atoms with Crippen LogP contribution in [0.3, 0.4) is 0 Å². The normalized spacial score (nSPS) is 22.3. The molecule has 1 heterocycles. The summed E-state index contributed by atoms with van der Waals surface area (Å²) in [4.78, 5) is 13.1. The van der Waals surface area contributed by atoms with Crippen LogP contribution in [0.4, 0.5) is 4.79 Å². The third-order valence-corrected chi connectivity index (χ3v) is 3.03. The highest BCUT2D eigenvalue weighted by atomic mass is 127. The monoisotopic (exact) mass is 325 g/mol. The summed E-state index contributed by atoms with van der Waals surface area (Å²) in [6.45, 7) is 6.29. The minimum atomic E-state index is -0.577. The molecule has 0 radical (unpaired) electrons. The van der Waals surface area contributed by atoms with E-state index in [9.17, 15) is 9.90 Å². The van der Waals surface area contributed by atoms with Crippen LogP contribution in [-0.4, -0.2) is 40.9 Å². The van der Waals surface area contributed by atoms with E-state index in [2.05, 4.69) is 22.6 Å². The second kappa shape index (κ2) is 4.69. The van der Waals surface area contributed by atoms with E-state index in [-0.39, 0.29) is 6.09 Å². The highest BCUT2D eigenvalue weighted by Crippen LogP contribution is 2.19. The van der Waals surface area contributed by atoms with Gasteiger partial charge in [-0.05, 0) is 43.4 Å². The van der Waals surface area contributed by atoms with Crippen molar-refractivity contribution in [1.29, 1.82) is 0 Å². The Bertz CT molecular complexity index is 283. The van der Waals surface area contributed by atoms with Gasteiger partial charge in [-0.15, -0.1) is 0 Å². The van der Waals surface area contributed by atoms with Crippen molar-refractivity contribution in [2.75, 3.05) is 13.1 Å². The van der Waals surface area contributed by atoms with Crippen molar-refractivity contribution in [3.63, 3.8) is 0 Å². The number of β-amino-alcohol motifs (C(OH)–C–C–N with tert-alkyl or cyclic N) is 1. The quantitative estimate of drug-likeness (QED) is 0.692. The van der Waals surface area contributed by atoms with Crippen molar-refractivity contribution in [3.8, 4) is 0 Å². The van der Waals surface area contributed by atoms with E-state index in [1.807, 2.05) is 26.8 Å². The van der Waals surface area contributed by atoms with Gasteiger partial charge in [0.2, 0.25) is 0 Å². The second-order valence-corrected chi connectivity index (χ2v) is 5.74. The van der Waals surface area contributed by atoms with Gasteiger partial charge in [0.1, 0.15) is 11.7 Å². The van der Waals surface area contributed by atoms with Gasteiger partial charge in [-0.25, -0.2) is 4.79 Å². The average Bonchev–Trinajstić information content (AvgIpc) is 2.06. The molecule has 1 rings (SSSR count). The topological polar surface area (TPSA) is 49.8 Å². The lowest BCUT2D eigenvalue weighted by molar-refractivity contribution is 0.0188. The van der Waals surface area contributed by atoms with Crippen molar-refractivity contribution < 1.29 is 14.6 Å². The largest absolute Gasteiger partial charge is 0.444 e. The van der Waals surface area contributed by atoms with Gasteiger partial charge in [0, 0.05) is 10.1 Å². The number of carbonyl (C=O) groups excluding carboxylic acids is 1. The summed E-state index contributed by atoms with van der Waals surface area (Å²) in [5, 5.41) is 9.57. The third kappa shape index (κ3) is 3.98. The predicted octanol–water partition coefficient (Wildman–Crippen LogP) is 1.92. The summed E-state index contributed by atoms with van der Waals surface area (Å²) >= 11 is 2.08. The Hall–Kier alpha value is -0.300. The first-order valence-corrected chi connectivity index (χ1v) is 5.89. The Morgan fingerprint density at radius 2 is 2.27 bits per heavy atom. The standard InChI is InChI=1S/C10H16INO3/c1-10(2,3)15-9(14)12-5-4-7(11)8(13)6-12/h4,8,13H,5-6H2,1-3H3/t8-/m1/s1. The summed E-state index contributed by atoms with van der Waals surface area (Å²) in [7, 11) is 0. The molecule has 0 aliphatic carbocycles. The summed E-state index contributed by atoms with van der Waals surface area (Å²) < 4.78 is 6.09.